The second kappa shape index (κ2) is 3.66. The molecule has 0 aliphatic rings. The number of carboxylic acid groups (broad SMARTS) is 1. The topological polar surface area (TPSA) is 54.6 Å². The van der Waals surface area contributed by atoms with Gasteiger partial charge in [0.1, 0.15) is 5.65 Å². The van der Waals surface area contributed by atoms with E-state index in [0.29, 0.717) is 5.69 Å². The summed E-state index contributed by atoms with van der Waals surface area (Å²) in [6.07, 6.45) is 1.84. The molecule has 0 atom stereocenters. The highest BCUT2D eigenvalue weighted by atomic mass is 79.9. The Balaban J connectivity index is 2.59. The van der Waals surface area contributed by atoms with Crippen molar-refractivity contribution < 1.29 is 9.90 Å². The molecule has 0 bridgehead atoms. The maximum absolute atomic E-state index is 10.6. The number of carbonyl (C=O) groups is 1. The van der Waals surface area contributed by atoms with Crippen LogP contribution in [0.2, 0.25) is 0 Å². The summed E-state index contributed by atoms with van der Waals surface area (Å²) >= 11 is 3.36. The molecule has 4 nitrogen and oxygen atoms in total. The van der Waals surface area contributed by atoms with E-state index in [1.165, 1.54) is 0 Å². The lowest BCUT2D eigenvalue weighted by Gasteiger charge is -1.97. The quantitative estimate of drug-likeness (QED) is 0.907. The van der Waals surface area contributed by atoms with Gasteiger partial charge in [0.2, 0.25) is 0 Å². The first kappa shape index (κ1) is 10.2. The number of pyridine rings is 1. The summed E-state index contributed by atoms with van der Waals surface area (Å²) in [6.45, 7) is 1.87. The van der Waals surface area contributed by atoms with Crippen LogP contribution in [0.1, 0.15) is 11.4 Å². The molecule has 0 aromatic carbocycles. The fraction of sp³-hybridized carbons (Fsp3) is 0.200. The van der Waals surface area contributed by atoms with Gasteiger partial charge in [-0.1, -0.05) is 0 Å². The molecule has 2 rings (SSSR count). The summed E-state index contributed by atoms with van der Waals surface area (Å²) in [5.41, 5.74) is 2.25. The number of hydrogen-bond acceptors (Lipinski definition) is 2. The van der Waals surface area contributed by atoms with E-state index in [-0.39, 0.29) is 6.42 Å². The highest BCUT2D eigenvalue weighted by Gasteiger charge is 2.11. The average molecular weight is 269 g/mol. The minimum absolute atomic E-state index is 0.0366. The number of carboxylic acids is 1. The summed E-state index contributed by atoms with van der Waals surface area (Å²) in [5.74, 6) is -0.861. The molecule has 0 amide bonds. The Labute approximate surface area is 94.7 Å². The van der Waals surface area contributed by atoms with E-state index in [2.05, 4.69) is 20.9 Å². The molecule has 0 aliphatic heterocycles. The summed E-state index contributed by atoms with van der Waals surface area (Å²) in [7, 11) is 0. The number of nitrogens with zero attached hydrogens (tertiary/aromatic N) is 2. The lowest BCUT2D eigenvalue weighted by molar-refractivity contribution is -0.136. The molecule has 5 heteroatoms. The van der Waals surface area contributed by atoms with Crippen molar-refractivity contribution in [2.24, 2.45) is 0 Å². The standard InChI is InChI=1S/C10H9BrN2O2/c1-6-8(4-10(14)15)12-9-3-2-7(11)5-13(6)9/h2-3,5H,4H2,1H3,(H,14,15). The van der Waals surface area contributed by atoms with E-state index in [1.54, 1.807) is 0 Å². The minimum Gasteiger partial charge on any atom is -0.481 e. The predicted molar refractivity (Wildman–Crippen MR) is 59.0 cm³/mol. The highest BCUT2D eigenvalue weighted by Crippen LogP contribution is 2.16. The molecule has 0 radical (unpaired) electrons. The van der Waals surface area contributed by atoms with Crippen LogP contribution in [0.15, 0.2) is 22.8 Å². The molecule has 0 unspecified atom stereocenters. The second-order valence-corrected chi connectivity index (χ2v) is 4.21. The largest absolute Gasteiger partial charge is 0.481 e. The molecule has 2 aromatic rings. The van der Waals surface area contributed by atoms with Gasteiger partial charge >= 0.3 is 5.97 Å². The molecule has 0 fully saturated rings. The Morgan fingerprint density at radius 1 is 1.60 bits per heavy atom. The Hall–Kier alpha value is -1.36. The van der Waals surface area contributed by atoms with Crippen LogP contribution in [0.3, 0.4) is 0 Å². The van der Waals surface area contributed by atoms with E-state index in [0.717, 1.165) is 15.8 Å². The smallest absolute Gasteiger partial charge is 0.309 e. The van der Waals surface area contributed by atoms with Crippen molar-refractivity contribution in [2.45, 2.75) is 13.3 Å². The third-order valence-electron chi connectivity index (χ3n) is 2.24. The highest BCUT2D eigenvalue weighted by molar-refractivity contribution is 9.10. The number of halogens is 1. The minimum atomic E-state index is -0.861. The predicted octanol–water partition coefficient (Wildman–Crippen LogP) is 2.03. The van der Waals surface area contributed by atoms with Gasteiger partial charge in [-0.3, -0.25) is 4.79 Å². The Kier molecular flexibility index (Phi) is 2.48. The lowest BCUT2D eigenvalue weighted by Crippen LogP contribution is -2.02. The number of aromatic nitrogens is 2. The zero-order valence-corrected chi connectivity index (χ0v) is 9.65. The zero-order chi connectivity index (χ0) is 11.0. The number of rotatable bonds is 2. The van der Waals surface area contributed by atoms with Crippen molar-refractivity contribution in [3.8, 4) is 0 Å². The maximum atomic E-state index is 10.6. The van der Waals surface area contributed by atoms with Gasteiger partial charge in [-0.25, -0.2) is 4.98 Å². The first-order chi connectivity index (χ1) is 7.08. The third-order valence-corrected chi connectivity index (χ3v) is 2.71. The number of hydrogen-bond donors (Lipinski definition) is 1. The lowest BCUT2D eigenvalue weighted by atomic mass is 10.2. The summed E-state index contributed by atoms with van der Waals surface area (Å²) in [6, 6.07) is 3.73. The van der Waals surface area contributed by atoms with Crippen molar-refractivity contribution in [1.29, 1.82) is 0 Å². The van der Waals surface area contributed by atoms with Gasteiger partial charge < -0.3 is 9.51 Å². The molecule has 2 aromatic heterocycles. The monoisotopic (exact) mass is 268 g/mol. The van der Waals surface area contributed by atoms with Gasteiger partial charge in [0.25, 0.3) is 0 Å². The zero-order valence-electron chi connectivity index (χ0n) is 8.07. The molecular weight excluding hydrogens is 260 g/mol. The van der Waals surface area contributed by atoms with Gasteiger partial charge in [-0.2, -0.15) is 0 Å². The van der Waals surface area contributed by atoms with E-state index in [4.69, 9.17) is 5.11 Å². The molecule has 15 heavy (non-hydrogen) atoms. The van der Waals surface area contributed by atoms with E-state index in [1.807, 2.05) is 29.7 Å². The first-order valence-corrected chi connectivity index (χ1v) is 5.22. The van der Waals surface area contributed by atoms with E-state index < -0.39 is 5.97 Å². The first-order valence-electron chi connectivity index (χ1n) is 4.43. The van der Waals surface area contributed by atoms with Gasteiger partial charge in [-0.15, -0.1) is 0 Å². The Morgan fingerprint density at radius 2 is 2.33 bits per heavy atom. The van der Waals surface area contributed by atoms with Gasteiger partial charge in [-0.05, 0) is 35.0 Å². The molecule has 1 N–H and O–H groups in total. The molecule has 78 valence electrons. The maximum Gasteiger partial charge on any atom is 0.309 e. The molecule has 0 saturated carbocycles. The van der Waals surface area contributed by atoms with Crippen LogP contribution < -0.4 is 0 Å². The Morgan fingerprint density at radius 3 is 3.00 bits per heavy atom. The fourth-order valence-corrected chi connectivity index (χ4v) is 1.83. The summed E-state index contributed by atoms with van der Waals surface area (Å²) in [5, 5.41) is 8.71. The average Bonchev–Trinajstić information content (AvgIpc) is 2.44. The summed E-state index contributed by atoms with van der Waals surface area (Å²) < 4.78 is 2.82. The summed E-state index contributed by atoms with van der Waals surface area (Å²) in [4.78, 5) is 14.9. The third kappa shape index (κ3) is 1.87. The van der Waals surface area contributed by atoms with Crippen LogP contribution in [-0.2, 0) is 11.2 Å². The second-order valence-electron chi connectivity index (χ2n) is 3.29. The van der Waals surface area contributed by atoms with Crippen molar-refractivity contribution in [1.82, 2.24) is 9.38 Å². The number of aliphatic carboxylic acids is 1. The number of imidazole rings is 1. The SMILES string of the molecule is Cc1c(CC(=O)O)nc2ccc(Br)cn12. The van der Waals surface area contributed by atoms with Gasteiger partial charge in [0, 0.05) is 16.4 Å². The molecule has 0 spiro atoms. The Bertz CT molecular complexity index is 533. The van der Waals surface area contributed by atoms with Gasteiger partial charge in [0.15, 0.2) is 0 Å². The van der Waals surface area contributed by atoms with Gasteiger partial charge in [0.05, 0.1) is 12.1 Å². The van der Waals surface area contributed by atoms with Crippen molar-refractivity contribution in [2.75, 3.05) is 0 Å². The van der Waals surface area contributed by atoms with Crippen molar-refractivity contribution in [3.63, 3.8) is 0 Å². The molecule has 0 aliphatic carbocycles. The molecular formula is C10H9BrN2O2. The number of fused-ring (bicyclic) bond motifs is 1. The van der Waals surface area contributed by atoms with Crippen LogP contribution in [-0.4, -0.2) is 20.5 Å². The molecule has 0 saturated heterocycles. The van der Waals surface area contributed by atoms with Crippen molar-refractivity contribution >= 4 is 27.5 Å². The molecule has 2 heterocycles. The fourth-order valence-electron chi connectivity index (χ4n) is 1.50. The van der Waals surface area contributed by atoms with Crippen LogP contribution in [0.25, 0.3) is 5.65 Å². The normalized spacial score (nSPS) is 10.8. The van der Waals surface area contributed by atoms with E-state index in [9.17, 15) is 4.79 Å². The number of aryl methyl sites for hydroxylation is 1. The van der Waals surface area contributed by atoms with Crippen LogP contribution in [0.4, 0.5) is 0 Å². The van der Waals surface area contributed by atoms with Crippen LogP contribution in [0.5, 0.6) is 0 Å². The van der Waals surface area contributed by atoms with Crippen LogP contribution >= 0.6 is 15.9 Å². The van der Waals surface area contributed by atoms with Crippen molar-refractivity contribution in [3.05, 3.63) is 34.2 Å². The van der Waals surface area contributed by atoms with Crippen LogP contribution in [0, 0.1) is 6.92 Å². The van der Waals surface area contributed by atoms with E-state index >= 15 is 0 Å².